The number of hydrogen-bond donors (Lipinski definition) is 4. The first-order valence-corrected chi connectivity index (χ1v) is 9.99. The van der Waals surface area contributed by atoms with Gasteiger partial charge in [-0.3, -0.25) is 0 Å². The van der Waals surface area contributed by atoms with Crippen molar-refractivity contribution in [2.45, 2.75) is 18.9 Å². The average molecular weight is 430 g/mol. The highest BCUT2D eigenvalue weighted by molar-refractivity contribution is 6.31. The Morgan fingerprint density at radius 2 is 2.03 bits per heavy atom. The molecule has 0 spiro atoms. The molecule has 1 aliphatic carbocycles. The lowest BCUT2D eigenvalue weighted by Gasteiger charge is -2.22. The molecule has 5 rings (SSSR count). The molecule has 0 atom stereocenters. The van der Waals surface area contributed by atoms with Crippen LogP contribution in [0.4, 0.5) is 27.8 Å². The summed E-state index contributed by atoms with van der Waals surface area (Å²) in [5.74, 6) is 2.37. The third kappa shape index (κ3) is 3.61. The lowest BCUT2D eigenvalue weighted by atomic mass is 10.2. The summed E-state index contributed by atoms with van der Waals surface area (Å²) in [6, 6.07) is 5.24. The molecule has 0 saturated heterocycles. The number of anilines is 4. The summed E-state index contributed by atoms with van der Waals surface area (Å²) in [5.41, 5.74) is 1.63. The van der Waals surface area contributed by atoms with Crippen LogP contribution in [0.5, 0.6) is 11.5 Å². The zero-order chi connectivity index (χ0) is 20.7. The number of nitrogens with zero attached hydrogens (tertiary/aromatic N) is 3. The Bertz CT molecular complexity index is 1130. The van der Waals surface area contributed by atoms with E-state index in [1.807, 2.05) is 0 Å². The predicted molar refractivity (Wildman–Crippen MR) is 113 cm³/mol. The maximum Gasteiger partial charge on any atom is 0.319 e. The third-order valence-corrected chi connectivity index (χ3v) is 4.98. The fraction of sp³-hybridized carbons (Fsp3) is 0.316. The maximum atomic E-state index is 12.2. The van der Waals surface area contributed by atoms with Gasteiger partial charge in [0.05, 0.1) is 11.9 Å². The second kappa shape index (κ2) is 7.45. The predicted octanol–water partition coefficient (Wildman–Crippen LogP) is 3.22. The highest BCUT2D eigenvalue weighted by Crippen LogP contribution is 2.41. The van der Waals surface area contributed by atoms with Gasteiger partial charge in [0.2, 0.25) is 0 Å². The molecule has 4 N–H and O–H groups in total. The van der Waals surface area contributed by atoms with Gasteiger partial charge in [-0.05, 0) is 18.9 Å². The molecule has 1 aliphatic heterocycles. The van der Waals surface area contributed by atoms with E-state index < -0.39 is 0 Å². The summed E-state index contributed by atoms with van der Waals surface area (Å²) in [5, 5.41) is 16.9. The lowest BCUT2D eigenvalue weighted by Crippen LogP contribution is -2.30. The molecule has 0 radical (unpaired) electrons. The van der Waals surface area contributed by atoms with Crippen molar-refractivity contribution in [3.05, 3.63) is 29.4 Å². The minimum Gasteiger partial charge on any atom is -0.486 e. The summed E-state index contributed by atoms with van der Waals surface area (Å²) < 4.78 is 13.0. The number of carbonyl (C=O) groups excluding carboxylic acids is 1. The monoisotopic (exact) mass is 429 g/mol. The quantitative estimate of drug-likeness (QED) is 0.492. The van der Waals surface area contributed by atoms with Crippen molar-refractivity contribution in [2.24, 2.45) is 0 Å². The Balaban J connectivity index is 1.49. The number of urea groups is 1. The van der Waals surface area contributed by atoms with Gasteiger partial charge in [0.1, 0.15) is 30.5 Å². The number of ether oxygens (including phenoxy) is 2. The molecular weight excluding hydrogens is 410 g/mol. The van der Waals surface area contributed by atoms with Gasteiger partial charge in [0.25, 0.3) is 0 Å². The molecule has 2 aliphatic rings. The molecule has 0 bridgehead atoms. The van der Waals surface area contributed by atoms with Crippen LogP contribution in [0.3, 0.4) is 0 Å². The van der Waals surface area contributed by atoms with Crippen molar-refractivity contribution < 1.29 is 14.3 Å². The van der Waals surface area contributed by atoms with Gasteiger partial charge >= 0.3 is 6.03 Å². The smallest absolute Gasteiger partial charge is 0.319 e. The van der Waals surface area contributed by atoms with Crippen molar-refractivity contribution in [3.8, 4) is 11.5 Å². The first kappa shape index (κ1) is 18.6. The van der Waals surface area contributed by atoms with Crippen molar-refractivity contribution in [1.29, 1.82) is 0 Å². The Morgan fingerprint density at radius 3 is 2.83 bits per heavy atom. The molecule has 1 aromatic carbocycles. The molecule has 1 saturated carbocycles. The Morgan fingerprint density at radius 1 is 1.20 bits per heavy atom. The number of rotatable bonds is 5. The van der Waals surface area contributed by atoms with E-state index in [1.165, 1.54) is 0 Å². The number of amides is 2. The summed E-state index contributed by atoms with van der Waals surface area (Å²) >= 11 is 6.24. The highest BCUT2D eigenvalue weighted by atomic mass is 35.5. The number of benzene rings is 1. The van der Waals surface area contributed by atoms with Gasteiger partial charge in [-0.1, -0.05) is 11.6 Å². The maximum absolute atomic E-state index is 12.2. The van der Waals surface area contributed by atoms with E-state index >= 15 is 0 Å². The molecule has 3 aromatic rings. The minimum absolute atomic E-state index is 0.251. The summed E-state index contributed by atoms with van der Waals surface area (Å²) in [7, 11) is 1.78. The summed E-state index contributed by atoms with van der Waals surface area (Å²) in [4.78, 5) is 16.8. The standard InChI is InChI=1S/C19H20ClN7O3/c1-21-16-8-15(24-12-6-10(20)7-14-17(12)30-5-4-29-14)26-18-13(9-22-27(16)18)25-19(28)23-11-2-3-11/h6-9,11,21H,2-5H2,1H3,(H,24,26)(H2,23,25,28). The molecular formula is C19H20ClN7O3. The molecule has 2 amide bonds. The topological polar surface area (TPSA) is 114 Å². The first-order valence-electron chi connectivity index (χ1n) is 9.61. The van der Waals surface area contributed by atoms with Crippen LogP contribution in [-0.4, -0.2) is 46.9 Å². The SMILES string of the molecule is CNc1cc(Nc2cc(Cl)cc3c2OCCO3)nc2c(NC(=O)NC3CC3)cnn12. The molecule has 10 nitrogen and oxygen atoms in total. The normalized spacial score (nSPS) is 15.0. The molecule has 2 aromatic heterocycles. The highest BCUT2D eigenvalue weighted by Gasteiger charge is 2.24. The van der Waals surface area contributed by atoms with Crippen LogP contribution in [0, 0.1) is 0 Å². The fourth-order valence-corrected chi connectivity index (χ4v) is 3.42. The number of fused-ring (bicyclic) bond motifs is 2. The zero-order valence-electron chi connectivity index (χ0n) is 16.2. The van der Waals surface area contributed by atoms with Gasteiger partial charge in [0.15, 0.2) is 17.1 Å². The number of halogens is 1. The third-order valence-electron chi connectivity index (χ3n) is 4.76. The zero-order valence-corrected chi connectivity index (χ0v) is 16.9. The van der Waals surface area contributed by atoms with E-state index in [0.29, 0.717) is 58.4 Å². The van der Waals surface area contributed by atoms with E-state index in [2.05, 4.69) is 31.3 Å². The van der Waals surface area contributed by atoms with Gasteiger partial charge in [0, 0.05) is 30.2 Å². The van der Waals surface area contributed by atoms with Gasteiger partial charge < -0.3 is 30.7 Å². The molecule has 30 heavy (non-hydrogen) atoms. The van der Waals surface area contributed by atoms with Crippen molar-refractivity contribution in [1.82, 2.24) is 19.9 Å². The molecule has 0 unspecified atom stereocenters. The van der Waals surface area contributed by atoms with Gasteiger partial charge in [-0.15, -0.1) is 0 Å². The fourth-order valence-electron chi connectivity index (χ4n) is 3.22. The molecule has 1 fully saturated rings. The van der Waals surface area contributed by atoms with E-state index in [9.17, 15) is 4.79 Å². The number of carbonyl (C=O) groups is 1. The Labute approximate surface area is 176 Å². The Hall–Kier alpha value is -3.40. The first-order chi connectivity index (χ1) is 14.6. The number of nitrogens with one attached hydrogen (secondary N) is 4. The summed E-state index contributed by atoms with van der Waals surface area (Å²) in [6.07, 6.45) is 3.58. The van der Waals surface area contributed by atoms with Crippen LogP contribution in [0.15, 0.2) is 24.4 Å². The van der Waals surface area contributed by atoms with Crippen molar-refractivity contribution in [3.63, 3.8) is 0 Å². The van der Waals surface area contributed by atoms with Gasteiger partial charge in [-0.25, -0.2) is 9.78 Å². The lowest BCUT2D eigenvalue weighted by molar-refractivity contribution is 0.172. The number of aromatic nitrogens is 3. The Kier molecular flexibility index (Phi) is 4.62. The largest absolute Gasteiger partial charge is 0.486 e. The van der Waals surface area contributed by atoms with Crippen molar-refractivity contribution in [2.75, 3.05) is 36.2 Å². The van der Waals surface area contributed by atoms with E-state index in [4.69, 9.17) is 21.1 Å². The van der Waals surface area contributed by atoms with Crippen LogP contribution < -0.4 is 30.7 Å². The minimum atomic E-state index is -0.270. The molecule has 156 valence electrons. The van der Waals surface area contributed by atoms with Crippen LogP contribution in [-0.2, 0) is 0 Å². The van der Waals surface area contributed by atoms with Crippen LogP contribution >= 0.6 is 11.6 Å². The average Bonchev–Trinajstić information content (AvgIpc) is 3.46. The second-order valence-corrected chi connectivity index (χ2v) is 7.48. The number of hydrogen-bond acceptors (Lipinski definition) is 7. The van der Waals surface area contributed by atoms with Gasteiger partial charge in [-0.2, -0.15) is 9.61 Å². The van der Waals surface area contributed by atoms with E-state index in [1.54, 1.807) is 36.0 Å². The van der Waals surface area contributed by atoms with Crippen LogP contribution in [0.25, 0.3) is 5.65 Å². The molecule has 11 heteroatoms. The van der Waals surface area contributed by atoms with Crippen molar-refractivity contribution >= 4 is 46.3 Å². The van der Waals surface area contributed by atoms with Crippen LogP contribution in [0.1, 0.15) is 12.8 Å². The second-order valence-electron chi connectivity index (χ2n) is 7.05. The van der Waals surface area contributed by atoms with E-state index in [-0.39, 0.29) is 12.1 Å². The summed E-state index contributed by atoms with van der Waals surface area (Å²) in [6.45, 7) is 0.916. The molecule has 3 heterocycles. The van der Waals surface area contributed by atoms with Crippen LogP contribution in [0.2, 0.25) is 5.02 Å². The van der Waals surface area contributed by atoms with E-state index in [0.717, 1.165) is 12.8 Å².